The zero-order chi connectivity index (χ0) is 14.9. The van der Waals surface area contributed by atoms with E-state index in [0.717, 1.165) is 44.0 Å². The highest BCUT2D eigenvalue weighted by Crippen LogP contribution is 2.16. The van der Waals surface area contributed by atoms with Crippen LogP contribution in [0.4, 0.5) is 4.79 Å². The molecule has 1 aromatic rings. The van der Waals surface area contributed by atoms with Gasteiger partial charge in [0.1, 0.15) is 5.75 Å². The summed E-state index contributed by atoms with van der Waals surface area (Å²) in [5.74, 6) is 0.790. The van der Waals surface area contributed by atoms with Crippen molar-refractivity contribution in [3.05, 3.63) is 29.8 Å². The Hall–Kier alpha value is -1.79. The van der Waals surface area contributed by atoms with Crippen molar-refractivity contribution in [1.82, 2.24) is 20.9 Å². The molecule has 1 saturated heterocycles. The van der Waals surface area contributed by atoms with Crippen LogP contribution in [0.3, 0.4) is 0 Å². The van der Waals surface area contributed by atoms with Gasteiger partial charge in [-0.2, -0.15) is 0 Å². The van der Waals surface area contributed by atoms with Crippen LogP contribution in [-0.4, -0.2) is 57.3 Å². The lowest BCUT2D eigenvalue weighted by Gasteiger charge is -2.27. The average molecular weight is 292 g/mol. The Balaban J connectivity index is 1.65. The normalized spacial score (nSPS) is 15.5. The average Bonchev–Trinajstić information content (AvgIpc) is 2.54. The first-order valence-electron chi connectivity index (χ1n) is 7.36. The minimum atomic E-state index is -0.143. The molecule has 1 aliphatic heterocycles. The van der Waals surface area contributed by atoms with Crippen LogP contribution in [0.2, 0.25) is 0 Å². The predicted molar refractivity (Wildman–Crippen MR) is 82.5 cm³/mol. The molecule has 2 rings (SSSR count). The van der Waals surface area contributed by atoms with Crippen molar-refractivity contribution >= 4 is 6.03 Å². The van der Waals surface area contributed by atoms with Gasteiger partial charge >= 0.3 is 6.03 Å². The Morgan fingerprint density at radius 2 is 2.05 bits per heavy atom. The standard InChI is InChI=1S/C15H24N4O2/c1-21-14-5-3-2-4-13(14)12-18-15(20)17-8-11-19-9-6-16-7-10-19/h2-5,16H,6-12H2,1H3,(H2,17,18,20). The van der Waals surface area contributed by atoms with Crippen LogP contribution in [-0.2, 0) is 6.54 Å². The summed E-state index contributed by atoms with van der Waals surface area (Å²) in [6.45, 7) is 6.17. The van der Waals surface area contributed by atoms with E-state index in [4.69, 9.17) is 4.74 Å². The first-order chi connectivity index (χ1) is 10.3. The summed E-state index contributed by atoms with van der Waals surface area (Å²) in [7, 11) is 1.63. The van der Waals surface area contributed by atoms with Crippen LogP contribution < -0.4 is 20.7 Å². The lowest BCUT2D eigenvalue weighted by Crippen LogP contribution is -2.47. The number of carbonyl (C=O) groups is 1. The zero-order valence-corrected chi connectivity index (χ0v) is 12.5. The largest absolute Gasteiger partial charge is 0.496 e. The molecule has 0 aromatic heterocycles. The molecule has 0 spiro atoms. The zero-order valence-electron chi connectivity index (χ0n) is 12.5. The van der Waals surface area contributed by atoms with E-state index in [2.05, 4.69) is 20.9 Å². The van der Waals surface area contributed by atoms with Crippen molar-refractivity contribution in [3.8, 4) is 5.75 Å². The topological polar surface area (TPSA) is 65.6 Å². The van der Waals surface area contributed by atoms with E-state index in [1.807, 2.05) is 24.3 Å². The van der Waals surface area contributed by atoms with Crippen LogP contribution in [0.5, 0.6) is 5.75 Å². The van der Waals surface area contributed by atoms with E-state index in [9.17, 15) is 4.79 Å². The van der Waals surface area contributed by atoms with E-state index in [1.54, 1.807) is 7.11 Å². The van der Waals surface area contributed by atoms with Gasteiger partial charge in [0.2, 0.25) is 0 Å². The smallest absolute Gasteiger partial charge is 0.315 e. The maximum atomic E-state index is 11.8. The fourth-order valence-electron chi connectivity index (χ4n) is 2.35. The van der Waals surface area contributed by atoms with Gasteiger partial charge in [-0.05, 0) is 6.07 Å². The summed E-state index contributed by atoms with van der Waals surface area (Å²) >= 11 is 0. The first kappa shape index (κ1) is 15.6. The number of benzene rings is 1. The molecular weight excluding hydrogens is 268 g/mol. The number of nitrogens with one attached hydrogen (secondary N) is 3. The van der Waals surface area contributed by atoms with Crippen molar-refractivity contribution in [3.63, 3.8) is 0 Å². The Labute approximate surface area is 125 Å². The summed E-state index contributed by atoms with van der Waals surface area (Å²) < 4.78 is 5.25. The molecule has 0 atom stereocenters. The van der Waals surface area contributed by atoms with Gasteiger partial charge in [-0.15, -0.1) is 0 Å². The highest BCUT2D eigenvalue weighted by atomic mass is 16.5. The van der Waals surface area contributed by atoms with Crippen molar-refractivity contribution in [1.29, 1.82) is 0 Å². The molecule has 3 N–H and O–H groups in total. The molecule has 21 heavy (non-hydrogen) atoms. The van der Waals surface area contributed by atoms with E-state index in [0.29, 0.717) is 13.1 Å². The maximum Gasteiger partial charge on any atom is 0.315 e. The molecule has 1 aromatic carbocycles. The second kappa shape index (κ2) is 8.49. The Morgan fingerprint density at radius 3 is 2.81 bits per heavy atom. The fraction of sp³-hybridized carbons (Fsp3) is 0.533. The van der Waals surface area contributed by atoms with Crippen molar-refractivity contribution in [2.45, 2.75) is 6.54 Å². The van der Waals surface area contributed by atoms with Crippen LogP contribution in [0.15, 0.2) is 24.3 Å². The van der Waals surface area contributed by atoms with Gasteiger partial charge in [0, 0.05) is 51.4 Å². The van der Waals surface area contributed by atoms with Gasteiger partial charge in [0.15, 0.2) is 0 Å². The quantitative estimate of drug-likeness (QED) is 0.710. The summed E-state index contributed by atoms with van der Waals surface area (Å²) in [5, 5.41) is 9.05. The first-order valence-corrected chi connectivity index (χ1v) is 7.36. The lowest BCUT2D eigenvalue weighted by molar-refractivity contribution is 0.226. The number of rotatable bonds is 6. The number of amides is 2. The molecule has 2 amide bonds. The number of methoxy groups -OCH3 is 1. The summed E-state index contributed by atoms with van der Waals surface area (Å²) in [4.78, 5) is 14.1. The second-order valence-electron chi connectivity index (χ2n) is 5.01. The van der Waals surface area contributed by atoms with Crippen molar-refractivity contribution < 1.29 is 9.53 Å². The number of piperazine rings is 1. The number of urea groups is 1. The number of carbonyl (C=O) groups excluding carboxylic acids is 1. The molecule has 0 radical (unpaired) electrons. The number of nitrogens with zero attached hydrogens (tertiary/aromatic N) is 1. The Bertz CT molecular complexity index is 447. The van der Waals surface area contributed by atoms with Crippen LogP contribution >= 0.6 is 0 Å². The molecule has 116 valence electrons. The van der Waals surface area contributed by atoms with Crippen molar-refractivity contribution in [2.75, 3.05) is 46.4 Å². The van der Waals surface area contributed by atoms with Crippen LogP contribution in [0.1, 0.15) is 5.56 Å². The number of hydrogen-bond donors (Lipinski definition) is 3. The summed E-state index contributed by atoms with van der Waals surface area (Å²) in [6.07, 6.45) is 0. The molecule has 1 fully saturated rings. The molecule has 0 bridgehead atoms. The van der Waals surface area contributed by atoms with Crippen LogP contribution in [0.25, 0.3) is 0 Å². The molecule has 0 saturated carbocycles. The van der Waals surface area contributed by atoms with Gasteiger partial charge in [0.05, 0.1) is 7.11 Å². The highest BCUT2D eigenvalue weighted by Gasteiger charge is 2.09. The van der Waals surface area contributed by atoms with E-state index in [1.165, 1.54) is 0 Å². The molecule has 6 heteroatoms. The molecule has 1 aliphatic rings. The number of para-hydroxylation sites is 1. The highest BCUT2D eigenvalue weighted by molar-refractivity contribution is 5.73. The van der Waals surface area contributed by atoms with Gasteiger partial charge in [-0.25, -0.2) is 4.79 Å². The monoisotopic (exact) mass is 292 g/mol. The van der Waals surface area contributed by atoms with Gasteiger partial charge in [0.25, 0.3) is 0 Å². The third-order valence-electron chi connectivity index (χ3n) is 3.56. The Morgan fingerprint density at radius 1 is 1.29 bits per heavy atom. The molecule has 6 nitrogen and oxygen atoms in total. The second-order valence-corrected chi connectivity index (χ2v) is 5.01. The predicted octanol–water partition coefficient (Wildman–Crippen LogP) is 0.400. The molecule has 0 unspecified atom stereocenters. The van der Waals surface area contributed by atoms with E-state index >= 15 is 0 Å². The minimum absolute atomic E-state index is 0.143. The molecular formula is C15H24N4O2. The van der Waals surface area contributed by atoms with Crippen molar-refractivity contribution in [2.24, 2.45) is 0 Å². The molecule has 0 aliphatic carbocycles. The van der Waals surface area contributed by atoms with Gasteiger partial charge in [-0.1, -0.05) is 18.2 Å². The third kappa shape index (κ3) is 5.24. The third-order valence-corrected chi connectivity index (χ3v) is 3.56. The summed E-state index contributed by atoms with van der Waals surface area (Å²) in [5.41, 5.74) is 0.970. The SMILES string of the molecule is COc1ccccc1CNC(=O)NCCN1CCNCC1. The maximum absolute atomic E-state index is 11.8. The van der Waals surface area contributed by atoms with Gasteiger partial charge in [-0.3, -0.25) is 4.90 Å². The van der Waals surface area contributed by atoms with Crippen LogP contribution in [0, 0.1) is 0 Å². The van der Waals surface area contributed by atoms with E-state index in [-0.39, 0.29) is 6.03 Å². The summed E-state index contributed by atoms with van der Waals surface area (Å²) in [6, 6.07) is 7.53. The number of ether oxygens (including phenoxy) is 1. The van der Waals surface area contributed by atoms with E-state index < -0.39 is 0 Å². The number of hydrogen-bond acceptors (Lipinski definition) is 4. The Kier molecular flexibility index (Phi) is 6.30. The molecule has 1 heterocycles. The van der Waals surface area contributed by atoms with Gasteiger partial charge < -0.3 is 20.7 Å². The fourth-order valence-corrected chi connectivity index (χ4v) is 2.35. The lowest BCUT2D eigenvalue weighted by atomic mass is 10.2. The minimum Gasteiger partial charge on any atom is -0.496 e.